The molecule has 4 heteroatoms. The first-order valence-electron chi connectivity index (χ1n) is 26.9. The Hall–Kier alpha value is -1.65. The molecule has 0 saturated carbocycles. The van der Waals surface area contributed by atoms with Crippen molar-refractivity contribution in [3.8, 4) is 0 Å². The maximum absolute atomic E-state index is 12.4. The van der Waals surface area contributed by atoms with Crippen molar-refractivity contribution in [1.82, 2.24) is 5.32 Å². The van der Waals surface area contributed by atoms with Crippen molar-refractivity contribution in [3.05, 3.63) is 48.6 Å². The summed E-state index contributed by atoms with van der Waals surface area (Å²) in [6, 6.07) is -0.646. The average molecular weight is 840 g/mol. The van der Waals surface area contributed by atoms with E-state index >= 15 is 0 Å². The van der Waals surface area contributed by atoms with Gasteiger partial charge in [0.25, 0.3) is 0 Å². The minimum absolute atomic E-state index is 0.0758. The molecular formula is C56H105NO3. The Morgan fingerprint density at radius 2 is 0.650 bits per heavy atom. The highest BCUT2D eigenvalue weighted by molar-refractivity contribution is 5.76. The fourth-order valence-corrected chi connectivity index (χ4v) is 8.15. The SMILES string of the molecule is CCCCCCCCCCC/C=C/CC/C=C/CC/C=C/C(O)C(CO)NC(=O)CCCCCCCCCCCCCCC/C=C\CCCCCCCCCCCCCC. The molecule has 3 N–H and O–H groups in total. The van der Waals surface area contributed by atoms with Crippen LogP contribution in [0.15, 0.2) is 48.6 Å². The molecule has 1 amide bonds. The van der Waals surface area contributed by atoms with Gasteiger partial charge >= 0.3 is 0 Å². The van der Waals surface area contributed by atoms with E-state index in [1.165, 1.54) is 225 Å². The van der Waals surface area contributed by atoms with Crippen molar-refractivity contribution in [2.75, 3.05) is 6.61 Å². The van der Waals surface area contributed by atoms with Crippen LogP contribution in [-0.2, 0) is 4.79 Å². The minimum Gasteiger partial charge on any atom is -0.394 e. The zero-order valence-corrected chi connectivity index (χ0v) is 40.5. The van der Waals surface area contributed by atoms with E-state index in [9.17, 15) is 15.0 Å². The molecule has 0 aliphatic heterocycles. The van der Waals surface area contributed by atoms with Gasteiger partial charge in [0.1, 0.15) is 0 Å². The van der Waals surface area contributed by atoms with Gasteiger partial charge in [0.15, 0.2) is 0 Å². The smallest absolute Gasteiger partial charge is 0.220 e. The number of carbonyl (C=O) groups excluding carboxylic acids is 1. The average Bonchev–Trinajstić information content (AvgIpc) is 3.25. The molecule has 0 spiro atoms. The summed E-state index contributed by atoms with van der Waals surface area (Å²) in [5, 5.41) is 23.1. The molecule has 0 aromatic heterocycles. The van der Waals surface area contributed by atoms with Crippen molar-refractivity contribution in [2.24, 2.45) is 0 Å². The van der Waals surface area contributed by atoms with Gasteiger partial charge in [-0.25, -0.2) is 0 Å². The summed E-state index contributed by atoms with van der Waals surface area (Å²) in [5.41, 5.74) is 0. The van der Waals surface area contributed by atoms with E-state index in [1.54, 1.807) is 6.08 Å². The third-order valence-electron chi connectivity index (χ3n) is 12.3. The standard InChI is InChI=1S/C56H105NO3/c1-3-5-7-9-11-13-15-17-19-21-23-24-25-26-27-28-29-30-31-32-34-36-38-40-42-44-46-48-50-52-56(60)57-54(53-58)55(59)51-49-47-45-43-41-39-37-35-33-22-20-18-16-14-12-10-8-6-4-2/h26-27,33,35,41,43,49,51,54-55,58-59H,3-25,28-32,34,36-40,42,44-48,50,52-53H2,1-2H3,(H,57,60)/b27-26-,35-33+,43-41+,51-49+. The monoisotopic (exact) mass is 840 g/mol. The van der Waals surface area contributed by atoms with Gasteiger partial charge in [-0.3, -0.25) is 4.79 Å². The van der Waals surface area contributed by atoms with E-state index < -0.39 is 12.1 Å². The number of hydrogen-bond acceptors (Lipinski definition) is 3. The van der Waals surface area contributed by atoms with Crippen molar-refractivity contribution >= 4 is 5.91 Å². The summed E-state index contributed by atoms with van der Waals surface area (Å²) in [6.45, 7) is 4.31. The first-order valence-corrected chi connectivity index (χ1v) is 26.9. The summed E-state index contributed by atoms with van der Waals surface area (Å²) in [7, 11) is 0. The van der Waals surface area contributed by atoms with Crippen LogP contribution < -0.4 is 5.32 Å². The van der Waals surface area contributed by atoms with Gasteiger partial charge in [-0.05, 0) is 70.6 Å². The molecule has 0 saturated heterocycles. The van der Waals surface area contributed by atoms with Crippen molar-refractivity contribution in [2.45, 2.75) is 296 Å². The first-order chi connectivity index (χ1) is 29.7. The molecule has 0 fully saturated rings. The molecular weight excluding hydrogens is 735 g/mol. The predicted molar refractivity (Wildman–Crippen MR) is 267 cm³/mol. The molecule has 0 aliphatic rings. The van der Waals surface area contributed by atoms with Crippen LogP contribution in [0.5, 0.6) is 0 Å². The maximum Gasteiger partial charge on any atom is 0.220 e. The van der Waals surface area contributed by atoms with Crippen LogP contribution in [-0.4, -0.2) is 34.9 Å². The zero-order valence-electron chi connectivity index (χ0n) is 40.5. The first kappa shape index (κ1) is 58.4. The molecule has 60 heavy (non-hydrogen) atoms. The Balaban J connectivity index is 3.53. The molecule has 2 unspecified atom stereocenters. The van der Waals surface area contributed by atoms with Gasteiger partial charge in [0.05, 0.1) is 18.8 Å². The van der Waals surface area contributed by atoms with Gasteiger partial charge in [-0.1, -0.05) is 255 Å². The highest BCUT2D eigenvalue weighted by Gasteiger charge is 2.17. The van der Waals surface area contributed by atoms with Crippen LogP contribution in [0.3, 0.4) is 0 Å². The highest BCUT2D eigenvalue weighted by Crippen LogP contribution is 2.16. The Bertz CT molecular complexity index is 954. The number of aliphatic hydroxyl groups is 2. The molecule has 0 rings (SSSR count). The van der Waals surface area contributed by atoms with Crippen molar-refractivity contribution in [1.29, 1.82) is 0 Å². The molecule has 4 nitrogen and oxygen atoms in total. The summed E-state index contributed by atoms with van der Waals surface area (Å²) < 4.78 is 0. The van der Waals surface area contributed by atoms with Crippen LogP contribution in [0, 0.1) is 0 Å². The zero-order chi connectivity index (χ0) is 43.5. The van der Waals surface area contributed by atoms with Gasteiger partial charge in [-0.2, -0.15) is 0 Å². The topological polar surface area (TPSA) is 69.6 Å². The van der Waals surface area contributed by atoms with E-state index in [4.69, 9.17) is 0 Å². The number of nitrogens with one attached hydrogen (secondary N) is 1. The Labute approximate surface area is 375 Å². The maximum atomic E-state index is 12.4. The van der Waals surface area contributed by atoms with Crippen LogP contribution in [0.4, 0.5) is 0 Å². The number of aliphatic hydroxyl groups excluding tert-OH is 2. The minimum atomic E-state index is -0.871. The third-order valence-corrected chi connectivity index (χ3v) is 12.3. The van der Waals surface area contributed by atoms with Gasteiger partial charge in [0.2, 0.25) is 5.91 Å². The van der Waals surface area contributed by atoms with E-state index in [2.05, 4.69) is 55.6 Å². The van der Waals surface area contributed by atoms with Gasteiger partial charge in [0, 0.05) is 6.42 Å². The predicted octanol–water partition coefficient (Wildman–Crippen LogP) is 17.5. The molecule has 0 bridgehead atoms. The second kappa shape index (κ2) is 51.7. The largest absolute Gasteiger partial charge is 0.394 e. The van der Waals surface area contributed by atoms with E-state index in [0.29, 0.717) is 6.42 Å². The number of allylic oxidation sites excluding steroid dienone is 7. The molecule has 0 aromatic carbocycles. The molecule has 0 aliphatic carbocycles. The Kier molecular flexibility index (Phi) is 50.3. The lowest BCUT2D eigenvalue weighted by Gasteiger charge is -2.19. The number of unbranched alkanes of at least 4 members (excludes halogenated alkanes) is 36. The number of amides is 1. The fraction of sp³-hybridized carbons (Fsp3) is 0.839. The van der Waals surface area contributed by atoms with Crippen molar-refractivity contribution in [3.63, 3.8) is 0 Å². The lowest BCUT2D eigenvalue weighted by Crippen LogP contribution is -2.45. The summed E-state index contributed by atoms with van der Waals surface area (Å²) in [4.78, 5) is 12.4. The van der Waals surface area contributed by atoms with Gasteiger partial charge < -0.3 is 15.5 Å². The molecule has 0 aromatic rings. The molecule has 2 atom stereocenters. The van der Waals surface area contributed by atoms with E-state index in [0.717, 1.165) is 38.5 Å². The number of rotatable bonds is 49. The second-order valence-corrected chi connectivity index (χ2v) is 18.3. The Morgan fingerprint density at radius 3 is 0.967 bits per heavy atom. The summed E-state index contributed by atoms with van der Waals surface area (Å²) >= 11 is 0. The van der Waals surface area contributed by atoms with Crippen LogP contribution in [0.1, 0.15) is 284 Å². The lowest BCUT2D eigenvalue weighted by atomic mass is 10.0. The fourth-order valence-electron chi connectivity index (χ4n) is 8.15. The molecule has 0 radical (unpaired) electrons. The summed E-state index contributed by atoms with van der Waals surface area (Å²) in [6.07, 6.45) is 71.2. The highest BCUT2D eigenvalue weighted by atomic mass is 16.3. The molecule has 352 valence electrons. The van der Waals surface area contributed by atoms with E-state index in [1.807, 2.05) is 6.08 Å². The van der Waals surface area contributed by atoms with Crippen molar-refractivity contribution < 1.29 is 15.0 Å². The number of carbonyl (C=O) groups is 1. The Morgan fingerprint density at radius 1 is 0.383 bits per heavy atom. The third kappa shape index (κ3) is 47.4. The molecule has 0 heterocycles. The van der Waals surface area contributed by atoms with Crippen LogP contribution in [0.25, 0.3) is 0 Å². The van der Waals surface area contributed by atoms with E-state index in [-0.39, 0.29) is 12.5 Å². The second-order valence-electron chi connectivity index (χ2n) is 18.3. The number of hydrogen-bond donors (Lipinski definition) is 3. The van der Waals surface area contributed by atoms with Crippen LogP contribution >= 0.6 is 0 Å². The van der Waals surface area contributed by atoms with Gasteiger partial charge in [-0.15, -0.1) is 0 Å². The normalized spacial score (nSPS) is 13.2. The quantitative estimate of drug-likeness (QED) is 0.0422. The lowest BCUT2D eigenvalue weighted by molar-refractivity contribution is -0.123. The van der Waals surface area contributed by atoms with Crippen LogP contribution in [0.2, 0.25) is 0 Å². The summed E-state index contributed by atoms with van der Waals surface area (Å²) in [5.74, 6) is -0.0758.